The van der Waals surface area contributed by atoms with E-state index in [-0.39, 0.29) is 22.5 Å². The van der Waals surface area contributed by atoms with Crippen LogP contribution in [0.5, 0.6) is 0 Å². The number of carbonyl (C=O) groups excluding carboxylic acids is 3. The Morgan fingerprint density at radius 3 is 1.90 bits per heavy atom. The van der Waals surface area contributed by atoms with E-state index in [2.05, 4.69) is 0 Å². The highest BCUT2D eigenvalue weighted by Crippen LogP contribution is 2.19. The van der Waals surface area contributed by atoms with E-state index in [1.54, 1.807) is 0 Å². The summed E-state index contributed by atoms with van der Waals surface area (Å²) in [6.07, 6.45) is 0. The molecule has 0 unspecified atom stereocenters. The maximum atomic E-state index is 12.3. The quantitative estimate of drug-likeness (QED) is 0.624. The van der Waals surface area contributed by atoms with Crippen LogP contribution in [-0.4, -0.2) is 17.3 Å². The highest BCUT2D eigenvalue weighted by atomic mass is 35.5. The van der Waals surface area contributed by atoms with Gasteiger partial charge in [0.05, 0.1) is 0 Å². The molecule has 0 bridgehead atoms. The Bertz CT molecular complexity index is 734. The van der Waals surface area contributed by atoms with Crippen LogP contribution in [0.4, 0.5) is 0 Å². The van der Waals surface area contributed by atoms with E-state index < -0.39 is 11.6 Å². The molecule has 0 heterocycles. The number of hydrogen-bond donors (Lipinski definition) is 0. The van der Waals surface area contributed by atoms with Crippen LogP contribution in [0.15, 0.2) is 42.5 Å². The fourth-order valence-corrected chi connectivity index (χ4v) is 2.16. The van der Waals surface area contributed by atoms with Crippen LogP contribution in [0, 0.1) is 0 Å². The average Bonchev–Trinajstić information content (AvgIpc) is 2.46. The second-order valence-corrected chi connectivity index (χ2v) is 5.28. The first-order chi connectivity index (χ1) is 9.90. The standard InChI is InChI=1S/C16H10Cl2O3/c1-9(19)14-8-12(18)6-7-13(14)16(21)15(20)10-2-4-11(17)5-3-10/h2-8H,1H3. The van der Waals surface area contributed by atoms with Gasteiger partial charge in [-0.3, -0.25) is 14.4 Å². The number of hydrogen-bond acceptors (Lipinski definition) is 3. The Labute approximate surface area is 131 Å². The molecule has 2 aromatic rings. The molecule has 21 heavy (non-hydrogen) atoms. The molecule has 2 rings (SSSR count). The fraction of sp³-hybridized carbons (Fsp3) is 0.0625. The maximum Gasteiger partial charge on any atom is 0.234 e. The Hall–Kier alpha value is -1.97. The summed E-state index contributed by atoms with van der Waals surface area (Å²) in [6.45, 7) is 1.31. The lowest BCUT2D eigenvalue weighted by Crippen LogP contribution is -2.17. The highest BCUT2D eigenvalue weighted by molar-refractivity contribution is 6.50. The molecule has 0 saturated carbocycles. The molecular formula is C16H10Cl2O3. The molecule has 0 saturated heterocycles. The molecule has 106 valence electrons. The van der Waals surface area contributed by atoms with Gasteiger partial charge in [0.15, 0.2) is 5.78 Å². The second-order valence-electron chi connectivity index (χ2n) is 4.41. The first-order valence-corrected chi connectivity index (χ1v) is 6.81. The topological polar surface area (TPSA) is 51.2 Å². The molecule has 3 nitrogen and oxygen atoms in total. The molecule has 0 atom stereocenters. The summed E-state index contributed by atoms with van der Waals surface area (Å²) in [4.78, 5) is 36.1. The number of rotatable bonds is 4. The third-order valence-corrected chi connectivity index (χ3v) is 3.41. The van der Waals surface area contributed by atoms with Crippen molar-refractivity contribution in [3.05, 3.63) is 69.2 Å². The minimum absolute atomic E-state index is 0.0480. The van der Waals surface area contributed by atoms with Crippen molar-refractivity contribution in [3.8, 4) is 0 Å². The molecule has 0 aliphatic carbocycles. The van der Waals surface area contributed by atoms with Crippen molar-refractivity contribution in [2.24, 2.45) is 0 Å². The van der Waals surface area contributed by atoms with Crippen molar-refractivity contribution in [1.29, 1.82) is 0 Å². The van der Waals surface area contributed by atoms with Gasteiger partial charge in [0.2, 0.25) is 11.6 Å². The van der Waals surface area contributed by atoms with Crippen molar-refractivity contribution in [2.75, 3.05) is 0 Å². The lowest BCUT2D eigenvalue weighted by atomic mass is 9.96. The number of carbonyl (C=O) groups is 3. The smallest absolute Gasteiger partial charge is 0.234 e. The summed E-state index contributed by atoms with van der Waals surface area (Å²) in [5, 5.41) is 0.797. The lowest BCUT2D eigenvalue weighted by molar-refractivity contribution is 0.0815. The Balaban J connectivity index is 2.42. The number of benzene rings is 2. The highest BCUT2D eigenvalue weighted by Gasteiger charge is 2.22. The number of halogens is 2. The lowest BCUT2D eigenvalue weighted by Gasteiger charge is -2.06. The summed E-state index contributed by atoms with van der Waals surface area (Å²) in [6, 6.07) is 10.2. The first-order valence-electron chi connectivity index (χ1n) is 6.05. The largest absolute Gasteiger partial charge is 0.294 e. The minimum atomic E-state index is -0.751. The zero-order chi connectivity index (χ0) is 15.6. The van der Waals surface area contributed by atoms with E-state index in [4.69, 9.17) is 23.2 Å². The zero-order valence-corrected chi connectivity index (χ0v) is 12.5. The SMILES string of the molecule is CC(=O)c1cc(Cl)ccc1C(=O)C(=O)c1ccc(Cl)cc1. The van der Waals surface area contributed by atoms with E-state index in [9.17, 15) is 14.4 Å². The molecule has 0 aliphatic rings. The first kappa shape index (κ1) is 15.4. The van der Waals surface area contributed by atoms with Crippen molar-refractivity contribution in [2.45, 2.75) is 6.92 Å². The third-order valence-electron chi connectivity index (χ3n) is 2.92. The Morgan fingerprint density at radius 2 is 1.33 bits per heavy atom. The van der Waals surface area contributed by atoms with Crippen molar-refractivity contribution < 1.29 is 14.4 Å². The molecule has 0 fully saturated rings. The van der Waals surface area contributed by atoms with Gasteiger partial charge in [-0.15, -0.1) is 0 Å². The molecule has 5 heteroatoms. The number of ketones is 3. The van der Waals surface area contributed by atoms with Crippen molar-refractivity contribution in [3.63, 3.8) is 0 Å². The maximum absolute atomic E-state index is 12.3. The predicted octanol–water partition coefficient (Wildman–Crippen LogP) is 4.26. The van der Waals surface area contributed by atoms with Gasteiger partial charge in [0, 0.05) is 26.7 Å². The van der Waals surface area contributed by atoms with Crippen LogP contribution < -0.4 is 0 Å². The van der Waals surface area contributed by atoms with E-state index in [1.165, 1.54) is 49.4 Å². The molecule has 0 amide bonds. The van der Waals surface area contributed by atoms with E-state index in [0.29, 0.717) is 10.0 Å². The van der Waals surface area contributed by atoms with Gasteiger partial charge in [-0.1, -0.05) is 23.2 Å². The van der Waals surface area contributed by atoms with E-state index in [0.717, 1.165) is 0 Å². The van der Waals surface area contributed by atoms with Gasteiger partial charge >= 0.3 is 0 Å². The van der Waals surface area contributed by atoms with Crippen LogP contribution in [0.3, 0.4) is 0 Å². The molecular weight excluding hydrogens is 311 g/mol. The summed E-state index contributed by atoms with van der Waals surface area (Å²) < 4.78 is 0. The van der Waals surface area contributed by atoms with Gasteiger partial charge in [0.1, 0.15) is 0 Å². The molecule has 2 aromatic carbocycles. The molecule has 0 aromatic heterocycles. The normalized spacial score (nSPS) is 10.2. The average molecular weight is 321 g/mol. The summed E-state index contributed by atoms with van der Waals surface area (Å²) in [5.41, 5.74) is 0.399. The monoisotopic (exact) mass is 320 g/mol. The summed E-state index contributed by atoms with van der Waals surface area (Å²) in [7, 11) is 0. The Morgan fingerprint density at radius 1 is 0.762 bits per heavy atom. The predicted molar refractivity (Wildman–Crippen MR) is 81.6 cm³/mol. The fourth-order valence-electron chi connectivity index (χ4n) is 1.86. The molecule has 0 aliphatic heterocycles. The summed E-state index contributed by atoms with van der Waals surface area (Å²) >= 11 is 11.6. The third kappa shape index (κ3) is 3.38. The van der Waals surface area contributed by atoms with Crippen LogP contribution in [0.25, 0.3) is 0 Å². The molecule has 0 radical (unpaired) electrons. The number of Topliss-reactive ketones (excluding diaryl/α,β-unsaturated/α-hetero) is 3. The van der Waals surface area contributed by atoms with Gasteiger partial charge in [-0.25, -0.2) is 0 Å². The van der Waals surface area contributed by atoms with Gasteiger partial charge in [0.25, 0.3) is 0 Å². The Kier molecular flexibility index (Phi) is 4.56. The van der Waals surface area contributed by atoms with Gasteiger partial charge in [-0.05, 0) is 49.4 Å². The van der Waals surface area contributed by atoms with Gasteiger partial charge in [-0.2, -0.15) is 0 Å². The molecule has 0 N–H and O–H groups in total. The zero-order valence-electron chi connectivity index (χ0n) is 11.0. The second kappa shape index (κ2) is 6.20. The van der Waals surface area contributed by atoms with Crippen molar-refractivity contribution >= 4 is 40.6 Å². The van der Waals surface area contributed by atoms with Crippen LogP contribution >= 0.6 is 23.2 Å². The van der Waals surface area contributed by atoms with E-state index >= 15 is 0 Å². The van der Waals surface area contributed by atoms with E-state index in [1.807, 2.05) is 0 Å². The van der Waals surface area contributed by atoms with Crippen LogP contribution in [0.1, 0.15) is 38.0 Å². The minimum Gasteiger partial charge on any atom is -0.294 e. The van der Waals surface area contributed by atoms with Crippen molar-refractivity contribution in [1.82, 2.24) is 0 Å². The van der Waals surface area contributed by atoms with Crippen LogP contribution in [0.2, 0.25) is 10.0 Å². The molecule has 0 spiro atoms. The summed E-state index contributed by atoms with van der Waals surface area (Å²) in [5.74, 6) is -1.78. The van der Waals surface area contributed by atoms with Crippen LogP contribution in [-0.2, 0) is 0 Å². The van der Waals surface area contributed by atoms with Gasteiger partial charge < -0.3 is 0 Å².